The van der Waals surface area contributed by atoms with E-state index in [2.05, 4.69) is 18.2 Å². The van der Waals surface area contributed by atoms with Gasteiger partial charge in [0, 0.05) is 6.42 Å². The van der Waals surface area contributed by atoms with Gasteiger partial charge in [0.25, 0.3) is 0 Å². The Morgan fingerprint density at radius 1 is 1.14 bits per heavy atom. The average Bonchev–Trinajstić information content (AvgIpc) is 3.06. The Balaban J connectivity index is 1.46. The Kier molecular flexibility index (Phi) is 4.71. The molecular formula is C18H20O2S. The van der Waals surface area contributed by atoms with E-state index in [4.69, 9.17) is 4.74 Å². The fourth-order valence-corrected chi connectivity index (χ4v) is 3.48. The number of ether oxygens (including phenoxy) is 1. The Morgan fingerprint density at radius 3 is 2.81 bits per heavy atom. The maximum Gasteiger partial charge on any atom is 0.172 e. The molecule has 0 unspecified atom stereocenters. The lowest BCUT2D eigenvalue weighted by molar-refractivity contribution is 0.0977. The van der Waals surface area contributed by atoms with Crippen molar-refractivity contribution in [2.45, 2.75) is 38.5 Å². The van der Waals surface area contributed by atoms with Crippen LogP contribution in [0, 0.1) is 0 Å². The Hall–Kier alpha value is -1.61. The molecule has 1 aromatic carbocycles. The van der Waals surface area contributed by atoms with Crippen LogP contribution in [0.1, 0.15) is 46.5 Å². The molecule has 0 amide bonds. The third-order valence-electron chi connectivity index (χ3n) is 3.93. The summed E-state index contributed by atoms with van der Waals surface area (Å²) in [5.74, 6) is 1.17. The second-order valence-corrected chi connectivity index (χ2v) is 6.44. The first-order chi connectivity index (χ1) is 10.3. The van der Waals surface area contributed by atoms with Crippen molar-refractivity contribution in [1.29, 1.82) is 0 Å². The number of carbonyl (C=O) groups excluding carboxylic acids is 1. The first-order valence-corrected chi connectivity index (χ1v) is 8.52. The molecule has 3 rings (SSSR count). The molecule has 0 atom stereocenters. The minimum Gasteiger partial charge on any atom is -0.494 e. The number of hydrogen-bond donors (Lipinski definition) is 0. The standard InChI is InChI=1S/C18H20O2S/c19-17(18-8-4-12-21-18)7-3-11-20-16-10-9-14-5-1-2-6-15(14)13-16/h4,8-10,12-13H,1-3,5-7,11H2. The smallest absolute Gasteiger partial charge is 0.172 e. The molecule has 3 heteroatoms. The van der Waals surface area contributed by atoms with Gasteiger partial charge in [-0.15, -0.1) is 11.3 Å². The molecule has 0 spiro atoms. The summed E-state index contributed by atoms with van der Waals surface area (Å²) >= 11 is 1.51. The first kappa shape index (κ1) is 14.3. The van der Waals surface area contributed by atoms with Gasteiger partial charge in [0.15, 0.2) is 5.78 Å². The maximum absolute atomic E-state index is 11.9. The van der Waals surface area contributed by atoms with Crippen LogP contribution in [0.3, 0.4) is 0 Å². The quantitative estimate of drug-likeness (QED) is 0.572. The van der Waals surface area contributed by atoms with Crippen LogP contribution in [0.5, 0.6) is 5.75 Å². The zero-order chi connectivity index (χ0) is 14.5. The summed E-state index contributed by atoms with van der Waals surface area (Å²) < 4.78 is 5.79. The van der Waals surface area contributed by atoms with E-state index in [9.17, 15) is 4.79 Å². The zero-order valence-electron chi connectivity index (χ0n) is 12.1. The normalized spacial score (nSPS) is 13.7. The van der Waals surface area contributed by atoms with Gasteiger partial charge in [0.05, 0.1) is 11.5 Å². The fraction of sp³-hybridized carbons (Fsp3) is 0.389. The molecule has 1 heterocycles. The number of rotatable bonds is 6. The first-order valence-electron chi connectivity index (χ1n) is 7.64. The summed E-state index contributed by atoms with van der Waals surface area (Å²) in [4.78, 5) is 12.7. The monoisotopic (exact) mass is 300 g/mol. The molecule has 0 bridgehead atoms. The largest absolute Gasteiger partial charge is 0.494 e. The van der Waals surface area contributed by atoms with E-state index in [1.165, 1.54) is 48.1 Å². The molecule has 1 aromatic heterocycles. The second kappa shape index (κ2) is 6.90. The van der Waals surface area contributed by atoms with Crippen molar-refractivity contribution < 1.29 is 9.53 Å². The lowest BCUT2D eigenvalue weighted by Crippen LogP contribution is -2.05. The highest BCUT2D eigenvalue weighted by Crippen LogP contribution is 2.25. The van der Waals surface area contributed by atoms with Gasteiger partial charge in [-0.3, -0.25) is 4.79 Å². The third kappa shape index (κ3) is 3.73. The molecule has 1 aliphatic carbocycles. The summed E-state index contributed by atoms with van der Waals surface area (Å²) in [6, 6.07) is 10.2. The van der Waals surface area contributed by atoms with Crippen LogP contribution in [0.2, 0.25) is 0 Å². The third-order valence-corrected chi connectivity index (χ3v) is 4.84. The molecule has 110 valence electrons. The second-order valence-electron chi connectivity index (χ2n) is 5.49. The van der Waals surface area contributed by atoms with Crippen LogP contribution in [0.25, 0.3) is 0 Å². The molecule has 0 saturated heterocycles. The number of fused-ring (bicyclic) bond motifs is 1. The van der Waals surface area contributed by atoms with E-state index in [-0.39, 0.29) is 5.78 Å². The molecule has 2 nitrogen and oxygen atoms in total. The van der Waals surface area contributed by atoms with Crippen LogP contribution in [0.15, 0.2) is 35.7 Å². The highest BCUT2D eigenvalue weighted by molar-refractivity contribution is 7.12. The molecule has 0 radical (unpaired) electrons. The molecular weight excluding hydrogens is 280 g/mol. The predicted molar refractivity (Wildman–Crippen MR) is 86.5 cm³/mol. The molecule has 0 fully saturated rings. The van der Waals surface area contributed by atoms with Crippen LogP contribution in [-0.2, 0) is 12.8 Å². The van der Waals surface area contributed by atoms with Crippen molar-refractivity contribution in [1.82, 2.24) is 0 Å². The number of thiophene rings is 1. The SMILES string of the molecule is O=C(CCCOc1ccc2c(c1)CCCC2)c1cccs1. The van der Waals surface area contributed by atoms with E-state index in [0.29, 0.717) is 13.0 Å². The van der Waals surface area contributed by atoms with Gasteiger partial charge in [-0.25, -0.2) is 0 Å². The topological polar surface area (TPSA) is 26.3 Å². The Morgan fingerprint density at radius 2 is 2.00 bits per heavy atom. The Bertz CT molecular complexity index is 602. The summed E-state index contributed by atoms with van der Waals surface area (Å²) in [6.45, 7) is 0.607. The summed E-state index contributed by atoms with van der Waals surface area (Å²) in [5.41, 5.74) is 2.91. The fourth-order valence-electron chi connectivity index (χ4n) is 2.78. The van der Waals surface area contributed by atoms with E-state index in [0.717, 1.165) is 17.0 Å². The number of carbonyl (C=O) groups is 1. The lowest BCUT2D eigenvalue weighted by atomic mass is 9.92. The van der Waals surface area contributed by atoms with Gasteiger partial charge in [-0.2, -0.15) is 0 Å². The molecule has 21 heavy (non-hydrogen) atoms. The van der Waals surface area contributed by atoms with Gasteiger partial charge >= 0.3 is 0 Å². The van der Waals surface area contributed by atoms with Gasteiger partial charge < -0.3 is 4.74 Å². The Labute approximate surface area is 129 Å². The predicted octanol–water partition coefficient (Wildman–Crippen LogP) is 4.67. The van der Waals surface area contributed by atoms with Crippen LogP contribution in [0.4, 0.5) is 0 Å². The van der Waals surface area contributed by atoms with Gasteiger partial charge in [0.2, 0.25) is 0 Å². The van der Waals surface area contributed by atoms with E-state index >= 15 is 0 Å². The highest BCUT2D eigenvalue weighted by atomic mass is 32.1. The number of hydrogen-bond acceptors (Lipinski definition) is 3. The molecule has 0 aliphatic heterocycles. The summed E-state index contributed by atoms with van der Waals surface area (Å²) in [6.07, 6.45) is 6.29. The van der Waals surface area contributed by atoms with Crippen LogP contribution >= 0.6 is 11.3 Å². The van der Waals surface area contributed by atoms with Crippen molar-refractivity contribution in [2.75, 3.05) is 6.61 Å². The molecule has 0 N–H and O–H groups in total. The van der Waals surface area contributed by atoms with Crippen molar-refractivity contribution in [3.8, 4) is 5.75 Å². The lowest BCUT2D eigenvalue weighted by Gasteiger charge is -2.16. The van der Waals surface area contributed by atoms with Crippen molar-refractivity contribution in [3.05, 3.63) is 51.7 Å². The number of aryl methyl sites for hydroxylation is 2. The van der Waals surface area contributed by atoms with Crippen LogP contribution in [-0.4, -0.2) is 12.4 Å². The van der Waals surface area contributed by atoms with Crippen molar-refractivity contribution in [3.63, 3.8) is 0 Å². The highest BCUT2D eigenvalue weighted by Gasteiger charge is 2.10. The van der Waals surface area contributed by atoms with E-state index < -0.39 is 0 Å². The molecule has 1 aliphatic rings. The summed E-state index contributed by atoms with van der Waals surface area (Å²) in [7, 11) is 0. The minimum absolute atomic E-state index is 0.221. The molecule has 2 aromatic rings. The zero-order valence-corrected chi connectivity index (χ0v) is 13.0. The minimum atomic E-state index is 0.221. The van der Waals surface area contributed by atoms with Crippen molar-refractivity contribution >= 4 is 17.1 Å². The van der Waals surface area contributed by atoms with Gasteiger partial charge in [0.1, 0.15) is 5.75 Å². The van der Waals surface area contributed by atoms with Gasteiger partial charge in [-0.05, 0) is 66.8 Å². The van der Waals surface area contributed by atoms with Gasteiger partial charge in [-0.1, -0.05) is 12.1 Å². The number of benzene rings is 1. The molecule has 0 saturated carbocycles. The summed E-state index contributed by atoms with van der Waals surface area (Å²) in [5, 5.41) is 1.94. The number of Topliss-reactive ketones (excluding diaryl/α,β-unsaturated/α-hetero) is 1. The van der Waals surface area contributed by atoms with E-state index in [1.807, 2.05) is 17.5 Å². The van der Waals surface area contributed by atoms with Crippen LogP contribution < -0.4 is 4.74 Å². The van der Waals surface area contributed by atoms with E-state index in [1.54, 1.807) is 0 Å². The van der Waals surface area contributed by atoms with Crippen molar-refractivity contribution in [2.24, 2.45) is 0 Å². The average molecular weight is 300 g/mol. The number of ketones is 1. The maximum atomic E-state index is 11.9.